The molecule has 1 fully saturated rings. The van der Waals surface area contributed by atoms with Gasteiger partial charge in [0, 0.05) is 13.1 Å². The molecule has 9 heavy (non-hydrogen) atoms. The van der Waals surface area contributed by atoms with Crippen LogP contribution in [-0.2, 0) is 0 Å². The molecule has 0 aliphatic carbocycles. The summed E-state index contributed by atoms with van der Waals surface area (Å²) in [4.78, 5) is 2.05. The van der Waals surface area contributed by atoms with Gasteiger partial charge in [0.1, 0.15) is 6.17 Å². The Hall–Kier alpha value is 0.180. The third kappa shape index (κ3) is 2.11. The van der Waals surface area contributed by atoms with Crippen LogP contribution in [0.4, 0.5) is 4.39 Å². The van der Waals surface area contributed by atoms with Gasteiger partial charge in [-0.15, -0.1) is 11.6 Å². The van der Waals surface area contributed by atoms with Crippen molar-refractivity contribution in [1.29, 1.82) is 0 Å². The summed E-state index contributed by atoms with van der Waals surface area (Å²) in [5, 5.41) is 0. The van der Waals surface area contributed by atoms with Crippen LogP contribution in [0.2, 0.25) is 0 Å². The molecule has 1 saturated heterocycles. The SMILES string of the molecule is FC1CCN(CCl)CC1. The van der Waals surface area contributed by atoms with Crippen molar-refractivity contribution in [2.45, 2.75) is 19.0 Å². The second kappa shape index (κ2) is 3.37. The highest BCUT2D eigenvalue weighted by Gasteiger charge is 2.16. The molecule has 0 amide bonds. The molecule has 54 valence electrons. The molecule has 0 spiro atoms. The number of hydrogen-bond donors (Lipinski definition) is 0. The van der Waals surface area contributed by atoms with Gasteiger partial charge in [0.2, 0.25) is 0 Å². The first-order valence-electron chi connectivity index (χ1n) is 3.25. The Labute approximate surface area is 59.8 Å². The highest BCUT2D eigenvalue weighted by atomic mass is 35.5. The molecular formula is C6H11ClFN. The first-order valence-corrected chi connectivity index (χ1v) is 3.79. The van der Waals surface area contributed by atoms with Gasteiger partial charge in [-0.05, 0) is 12.8 Å². The van der Waals surface area contributed by atoms with E-state index in [9.17, 15) is 4.39 Å². The van der Waals surface area contributed by atoms with Crippen LogP contribution >= 0.6 is 11.6 Å². The van der Waals surface area contributed by atoms with Gasteiger partial charge in [0.05, 0.1) is 6.00 Å². The van der Waals surface area contributed by atoms with E-state index in [1.807, 2.05) is 0 Å². The molecule has 1 aliphatic rings. The van der Waals surface area contributed by atoms with Crippen molar-refractivity contribution in [3.8, 4) is 0 Å². The molecule has 3 heteroatoms. The van der Waals surface area contributed by atoms with Crippen molar-refractivity contribution in [1.82, 2.24) is 4.90 Å². The van der Waals surface area contributed by atoms with Gasteiger partial charge in [0.25, 0.3) is 0 Å². The fourth-order valence-corrected chi connectivity index (χ4v) is 1.26. The summed E-state index contributed by atoms with van der Waals surface area (Å²) >= 11 is 5.53. The van der Waals surface area contributed by atoms with Crippen LogP contribution in [0, 0.1) is 0 Å². The molecule has 0 bridgehead atoms. The summed E-state index contributed by atoms with van der Waals surface area (Å²) in [5.41, 5.74) is 0. The third-order valence-corrected chi connectivity index (χ3v) is 2.02. The van der Waals surface area contributed by atoms with Crippen molar-refractivity contribution >= 4 is 11.6 Å². The van der Waals surface area contributed by atoms with Crippen molar-refractivity contribution in [2.75, 3.05) is 19.1 Å². The minimum absolute atomic E-state index is 0.548. The van der Waals surface area contributed by atoms with Gasteiger partial charge < -0.3 is 0 Å². The van der Waals surface area contributed by atoms with E-state index in [2.05, 4.69) is 4.90 Å². The van der Waals surface area contributed by atoms with Gasteiger partial charge >= 0.3 is 0 Å². The Balaban J connectivity index is 2.18. The predicted molar refractivity (Wildman–Crippen MR) is 36.4 cm³/mol. The zero-order valence-electron chi connectivity index (χ0n) is 5.32. The first-order chi connectivity index (χ1) is 4.33. The molecule has 0 N–H and O–H groups in total. The van der Waals surface area contributed by atoms with E-state index in [4.69, 9.17) is 11.6 Å². The maximum absolute atomic E-state index is 12.4. The van der Waals surface area contributed by atoms with Crippen LogP contribution in [-0.4, -0.2) is 30.2 Å². The highest BCUT2D eigenvalue weighted by Crippen LogP contribution is 2.12. The number of halogens is 2. The molecule has 0 aromatic carbocycles. The zero-order chi connectivity index (χ0) is 6.69. The lowest BCUT2D eigenvalue weighted by molar-refractivity contribution is 0.168. The second-order valence-corrected chi connectivity index (χ2v) is 2.65. The Morgan fingerprint density at radius 2 is 2.00 bits per heavy atom. The lowest BCUT2D eigenvalue weighted by Gasteiger charge is -2.25. The maximum atomic E-state index is 12.4. The minimum atomic E-state index is -0.579. The van der Waals surface area contributed by atoms with E-state index in [0.29, 0.717) is 18.8 Å². The van der Waals surface area contributed by atoms with Crippen LogP contribution in [0.5, 0.6) is 0 Å². The Morgan fingerprint density at radius 1 is 1.44 bits per heavy atom. The van der Waals surface area contributed by atoms with Crippen LogP contribution in [0.1, 0.15) is 12.8 Å². The van der Waals surface area contributed by atoms with Crippen molar-refractivity contribution in [2.24, 2.45) is 0 Å². The van der Waals surface area contributed by atoms with Gasteiger partial charge in [-0.3, -0.25) is 4.90 Å². The maximum Gasteiger partial charge on any atom is 0.103 e. The zero-order valence-corrected chi connectivity index (χ0v) is 6.07. The normalized spacial score (nSPS) is 24.7. The van der Waals surface area contributed by atoms with E-state index in [-0.39, 0.29) is 0 Å². The van der Waals surface area contributed by atoms with Gasteiger partial charge in [0.15, 0.2) is 0 Å². The average Bonchev–Trinajstić information content (AvgIpc) is 1.90. The number of alkyl halides is 2. The predicted octanol–water partition coefficient (Wildman–Crippen LogP) is 1.62. The summed E-state index contributed by atoms with van der Waals surface area (Å²) in [5.74, 6) is 0. The number of likely N-dealkylation sites (tertiary alicyclic amines) is 1. The molecule has 0 saturated carbocycles. The van der Waals surface area contributed by atoms with Crippen LogP contribution in [0.3, 0.4) is 0 Å². The number of piperidine rings is 1. The lowest BCUT2D eigenvalue weighted by Crippen LogP contribution is -2.33. The molecule has 0 aromatic rings. The molecule has 1 aliphatic heterocycles. The Morgan fingerprint density at radius 3 is 2.44 bits per heavy atom. The van der Waals surface area contributed by atoms with E-state index >= 15 is 0 Å². The van der Waals surface area contributed by atoms with Crippen LogP contribution < -0.4 is 0 Å². The average molecular weight is 152 g/mol. The smallest absolute Gasteiger partial charge is 0.103 e. The van der Waals surface area contributed by atoms with E-state index in [0.717, 1.165) is 13.1 Å². The molecule has 1 nitrogen and oxygen atoms in total. The van der Waals surface area contributed by atoms with Crippen LogP contribution in [0.15, 0.2) is 0 Å². The lowest BCUT2D eigenvalue weighted by atomic mass is 10.1. The van der Waals surface area contributed by atoms with Crippen molar-refractivity contribution in [3.63, 3.8) is 0 Å². The van der Waals surface area contributed by atoms with Crippen LogP contribution in [0.25, 0.3) is 0 Å². The van der Waals surface area contributed by atoms with E-state index < -0.39 is 6.17 Å². The second-order valence-electron chi connectivity index (χ2n) is 2.41. The van der Waals surface area contributed by atoms with Crippen molar-refractivity contribution in [3.05, 3.63) is 0 Å². The van der Waals surface area contributed by atoms with Gasteiger partial charge in [-0.25, -0.2) is 4.39 Å². The molecule has 1 rings (SSSR count). The minimum Gasteiger partial charge on any atom is -0.290 e. The molecule has 0 atom stereocenters. The molecule has 1 heterocycles. The fraction of sp³-hybridized carbons (Fsp3) is 1.00. The quantitative estimate of drug-likeness (QED) is 0.407. The van der Waals surface area contributed by atoms with Crippen molar-refractivity contribution < 1.29 is 4.39 Å². The largest absolute Gasteiger partial charge is 0.290 e. The van der Waals surface area contributed by atoms with E-state index in [1.165, 1.54) is 0 Å². The topological polar surface area (TPSA) is 3.24 Å². The fourth-order valence-electron chi connectivity index (χ4n) is 1.02. The highest BCUT2D eigenvalue weighted by molar-refractivity contribution is 6.17. The monoisotopic (exact) mass is 151 g/mol. The van der Waals surface area contributed by atoms with Gasteiger partial charge in [-0.1, -0.05) is 0 Å². The first kappa shape index (κ1) is 7.29. The third-order valence-electron chi connectivity index (χ3n) is 1.69. The summed E-state index contributed by atoms with van der Waals surface area (Å²) < 4.78 is 12.4. The summed E-state index contributed by atoms with van der Waals surface area (Å²) in [7, 11) is 0. The summed E-state index contributed by atoms with van der Waals surface area (Å²) in [6, 6.07) is 0.548. The molecule has 0 aromatic heterocycles. The standard InChI is InChI=1S/C6H11ClFN/c7-5-9-3-1-6(8)2-4-9/h6H,1-5H2. The molecular weight excluding hydrogens is 141 g/mol. The number of nitrogens with zero attached hydrogens (tertiary/aromatic N) is 1. The summed E-state index contributed by atoms with van der Waals surface area (Å²) in [6.07, 6.45) is 0.740. The van der Waals surface area contributed by atoms with E-state index in [1.54, 1.807) is 0 Å². The molecule has 0 radical (unpaired) electrons. The Kier molecular flexibility index (Phi) is 2.73. The Bertz CT molecular complexity index is 81.1. The number of hydrogen-bond acceptors (Lipinski definition) is 1. The number of rotatable bonds is 1. The summed E-state index contributed by atoms with van der Waals surface area (Å²) in [6.45, 7) is 1.65. The molecule has 0 unspecified atom stereocenters. The van der Waals surface area contributed by atoms with Gasteiger partial charge in [-0.2, -0.15) is 0 Å².